The predicted molar refractivity (Wildman–Crippen MR) is 105 cm³/mol. The summed E-state index contributed by atoms with van der Waals surface area (Å²) in [6.07, 6.45) is 3.04. The van der Waals surface area contributed by atoms with E-state index in [9.17, 15) is 17.6 Å². The van der Waals surface area contributed by atoms with Crippen molar-refractivity contribution in [3.63, 3.8) is 0 Å². The molecule has 29 heavy (non-hydrogen) atoms. The minimum atomic E-state index is -3.72. The number of carbonyl (C=O) groups is 1. The lowest BCUT2D eigenvalue weighted by Gasteiger charge is -2.37. The fourth-order valence-electron chi connectivity index (χ4n) is 3.69. The first kappa shape index (κ1) is 19.5. The Balaban J connectivity index is 1.53. The molecule has 8 nitrogen and oxygen atoms in total. The molecule has 1 unspecified atom stereocenters. The van der Waals surface area contributed by atoms with E-state index in [4.69, 9.17) is 5.73 Å². The Bertz CT molecular complexity index is 1140. The molecular formula is C19H20FN5O3S. The third-order valence-corrected chi connectivity index (χ3v) is 7.06. The molecule has 3 N–H and O–H groups in total. The van der Waals surface area contributed by atoms with Crippen molar-refractivity contribution in [2.75, 3.05) is 26.2 Å². The van der Waals surface area contributed by atoms with Crippen molar-refractivity contribution in [2.45, 2.75) is 10.9 Å². The average Bonchev–Trinajstić information content (AvgIpc) is 3.15. The van der Waals surface area contributed by atoms with E-state index in [2.05, 4.69) is 9.97 Å². The van der Waals surface area contributed by atoms with Crippen molar-refractivity contribution in [3.05, 3.63) is 60.2 Å². The zero-order valence-electron chi connectivity index (χ0n) is 15.5. The van der Waals surface area contributed by atoms with E-state index in [1.807, 2.05) is 4.90 Å². The number of nitrogens with one attached hydrogen (secondary N) is 1. The van der Waals surface area contributed by atoms with Crippen LogP contribution in [-0.4, -0.2) is 59.7 Å². The molecule has 0 spiro atoms. The largest absolute Gasteiger partial charge is 0.368 e. The first-order valence-corrected chi connectivity index (χ1v) is 10.5. The molecule has 3 heterocycles. The zero-order valence-corrected chi connectivity index (χ0v) is 16.3. The average molecular weight is 417 g/mol. The van der Waals surface area contributed by atoms with Crippen LogP contribution in [0, 0.1) is 5.82 Å². The minimum Gasteiger partial charge on any atom is -0.368 e. The number of piperazine rings is 1. The summed E-state index contributed by atoms with van der Waals surface area (Å²) in [4.78, 5) is 21.0. The number of sulfonamides is 1. The van der Waals surface area contributed by atoms with Crippen LogP contribution in [0.2, 0.25) is 0 Å². The summed E-state index contributed by atoms with van der Waals surface area (Å²) in [5, 5.41) is 0.538. The van der Waals surface area contributed by atoms with E-state index in [0.29, 0.717) is 29.7 Å². The lowest BCUT2D eigenvalue weighted by atomic mass is 10.0. The summed E-state index contributed by atoms with van der Waals surface area (Å²) >= 11 is 0. The van der Waals surface area contributed by atoms with Crippen LogP contribution in [-0.2, 0) is 14.8 Å². The van der Waals surface area contributed by atoms with Crippen LogP contribution in [0.4, 0.5) is 4.39 Å². The predicted octanol–water partition coefficient (Wildman–Crippen LogP) is 1.23. The van der Waals surface area contributed by atoms with Gasteiger partial charge >= 0.3 is 0 Å². The highest BCUT2D eigenvalue weighted by atomic mass is 32.2. The quantitative estimate of drug-likeness (QED) is 0.649. The van der Waals surface area contributed by atoms with Gasteiger partial charge < -0.3 is 10.7 Å². The summed E-state index contributed by atoms with van der Waals surface area (Å²) in [6.45, 7) is 1.07. The lowest BCUT2D eigenvalue weighted by molar-refractivity contribution is -0.124. The summed E-state index contributed by atoms with van der Waals surface area (Å²) in [7, 11) is -3.72. The molecule has 0 bridgehead atoms. The molecule has 1 amide bonds. The lowest BCUT2D eigenvalue weighted by Crippen LogP contribution is -2.51. The molecule has 1 atom stereocenters. The minimum absolute atomic E-state index is 0.180. The summed E-state index contributed by atoms with van der Waals surface area (Å²) in [5.41, 5.74) is 6.67. The number of H-pyrrole nitrogens is 1. The summed E-state index contributed by atoms with van der Waals surface area (Å²) in [6, 6.07) is 8.25. The number of benzene rings is 1. The fourth-order valence-corrected chi connectivity index (χ4v) is 5.26. The molecule has 10 heteroatoms. The van der Waals surface area contributed by atoms with Crippen LogP contribution < -0.4 is 5.73 Å². The van der Waals surface area contributed by atoms with Crippen molar-refractivity contribution in [3.8, 4) is 0 Å². The van der Waals surface area contributed by atoms with E-state index in [1.54, 1.807) is 18.3 Å². The van der Waals surface area contributed by atoms with Crippen molar-refractivity contribution in [1.82, 2.24) is 19.2 Å². The molecule has 0 radical (unpaired) electrons. The highest BCUT2D eigenvalue weighted by Gasteiger charge is 2.34. The van der Waals surface area contributed by atoms with Crippen molar-refractivity contribution in [2.24, 2.45) is 5.73 Å². The third-order valence-electron chi connectivity index (χ3n) is 5.12. The second-order valence-corrected chi connectivity index (χ2v) is 8.76. The molecule has 152 valence electrons. The maximum Gasteiger partial charge on any atom is 0.245 e. The van der Waals surface area contributed by atoms with Crippen LogP contribution >= 0.6 is 0 Å². The summed E-state index contributed by atoms with van der Waals surface area (Å²) in [5.74, 6) is -0.961. The number of aromatic amines is 1. The number of nitrogens with two attached hydrogens (primary N) is 1. The maximum atomic E-state index is 13.2. The Hall–Kier alpha value is -2.82. The molecule has 1 saturated heterocycles. The third kappa shape index (κ3) is 3.61. The number of rotatable bonds is 5. The standard InChI is InChI=1S/C19H20FN5O3S/c20-14-5-3-13(4-6-14)17(18(21)26)24-8-10-25(11-9-24)29(27,28)16-12-23-19-15(16)2-1-7-22-19/h1-7,12,17H,8-11H2,(H2,21,26)(H,22,23). The number of primary amides is 1. The Morgan fingerprint density at radius 1 is 1.14 bits per heavy atom. The molecule has 3 aromatic rings. The van der Waals surface area contributed by atoms with Crippen molar-refractivity contribution in [1.29, 1.82) is 0 Å². The number of halogens is 1. The number of fused-ring (bicyclic) bond motifs is 1. The van der Waals surface area contributed by atoms with E-state index in [0.717, 1.165) is 0 Å². The molecule has 1 fully saturated rings. The Kier molecular flexibility index (Phi) is 5.07. The number of aromatic nitrogens is 2. The Labute approximate surface area is 167 Å². The van der Waals surface area contributed by atoms with Crippen LogP contribution in [0.3, 0.4) is 0 Å². The van der Waals surface area contributed by atoms with Gasteiger partial charge in [0.1, 0.15) is 22.4 Å². The van der Waals surface area contributed by atoms with Gasteiger partial charge in [0.2, 0.25) is 15.9 Å². The van der Waals surface area contributed by atoms with Crippen molar-refractivity contribution < 1.29 is 17.6 Å². The van der Waals surface area contributed by atoms with E-state index in [1.165, 1.54) is 34.8 Å². The van der Waals surface area contributed by atoms with Crippen LogP contribution in [0.1, 0.15) is 11.6 Å². The zero-order chi connectivity index (χ0) is 20.6. The molecule has 4 rings (SSSR count). The van der Waals surface area contributed by atoms with Crippen LogP contribution in [0.5, 0.6) is 0 Å². The number of amides is 1. The van der Waals surface area contributed by atoms with Gasteiger partial charge in [-0.2, -0.15) is 4.31 Å². The highest BCUT2D eigenvalue weighted by molar-refractivity contribution is 7.89. The number of nitrogens with zero attached hydrogens (tertiary/aromatic N) is 3. The number of hydrogen-bond donors (Lipinski definition) is 2. The van der Waals surface area contributed by atoms with E-state index >= 15 is 0 Å². The van der Waals surface area contributed by atoms with Gasteiger partial charge in [0, 0.05) is 44.0 Å². The van der Waals surface area contributed by atoms with Gasteiger partial charge in [0.25, 0.3) is 0 Å². The van der Waals surface area contributed by atoms with Gasteiger partial charge in [0.15, 0.2) is 0 Å². The Morgan fingerprint density at radius 3 is 2.48 bits per heavy atom. The highest BCUT2D eigenvalue weighted by Crippen LogP contribution is 2.27. The second-order valence-electron chi connectivity index (χ2n) is 6.85. The van der Waals surface area contributed by atoms with Gasteiger partial charge in [-0.15, -0.1) is 0 Å². The molecule has 0 saturated carbocycles. The van der Waals surface area contributed by atoms with Crippen LogP contribution in [0.25, 0.3) is 11.0 Å². The molecular weight excluding hydrogens is 397 g/mol. The SMILES string of the molecule is NC(=O)C(c1ccc(F)cc1)N1CCN(S(=O)(=O)c2c[nH]c3ncccc23)CC1. The molecule has 0 aliphatic carbocycles. The number of hydrogen-bond acceptors (Lipinski definition) is 5. The number of carbonyl (C=O) groups excluding carboxylic acids is 1. The van der Waals surface area contributed by atoms with E-state index < -0.39 is 27.8 Å². The normalized spacial score (nSPS) is 17.4. The fraction of sp³-hybridized carbons (Fsp3) is 0.263. The van der Waals surface area contributed by atoms with Gasteiger partial charge in [0.05, 0.1) is 0 Å². The van der Waals surface area contributed by atoms with Gasteiger partial charge in [-0.05, 0) is 29.8 Å². The van der Waals surface area contributed by atoms with Crippen LogP contribution in [0.15, 0.2) is 53.7 Å². The smallest absolute Gasteiger partial charge is 0.245 e. The topological polar surface area (TPSA) is 112 Å². The maximum absolute atomic E-state index is 13.2. The molecule has 2 aromatic heterocycles. The Morgan fingerprint density at radius 2 is 1.83 bits per heavy atom. The molecule has 1 aliphatic rings. The van der Waals surface area contributed by atoms with Crippen molar-refractivity contribution >= 4 is 27.0 Å². The summed E-state index contributed by atoms with van der Waals surface area (Å²) < 4.78 is 40.8. The number of pyridine rings is 1. The van der Waals surface area contributed by atoms with Gasteiger partial charge in [-0.3, -0.25) is 9.69 Å². The van der Waals surface area contributed by atoms with Gasteiger partial charge in [-0.25, -0.2) is 17.8 Å². The second kappa shape index (κ2) is 7.54. The monoisotopic (exact) mass is 417 g/mol. The van der Waals surface area contributed by atoms with Gasteiger partial charge in [-0.1, -0.05) is 12.1 Å². The molecule has 1 aliphatic heterocycles. The molecule has 1 aromatic carbocycles. The van der Waals surface area contributed by atoms with E-state index in [-0.39, 0.29) is 18.0 Å². The first-order valence-electron chi connectivity index (χ1n) is 9.09. The first-order chi connectivity index (χ1) is 13.9.